The molecule has 2 aromatic heterocycles. The van der Waals surface area contributed by atoms with E-state index in [1.54, 1.807) is 11.2 Å². The Bertz CT molecular complexity index is 733. The summed E-state index contributed by atoms with van der Waals surface area (Å²) in [5.41, 5.74) is 1.70. The Morgan fingerprint density at radius 1 is 1.46 bits per heavy atom. The lowest BCUT2D eigenvalue weighted by molar-refractivity contribution is 0.0835. The number of aromatic nitrogens is 4. The molecule has 2 aromatic rings. The number of ether oxygens (including phenoxy) is 1. The second-order valence-electron chi connectivity index (χ2n) is 6.10. The van der Waals surface area contributed by atoms with Gasteiger partial charge in [0.2, 0.25) is 0 Å². The minimum atomic E-state index is -0.227. The third-order valence-electron chi connectivity index (χ3n) is 4.36. The van der Waals surface area contributed by atoms with Gasteiger partial charge in [-0.3, -0.25) is 0 Å². The first-order chi connectivity index (χ1) is 11.6. The van der Waals surface area contributed by atoms with Gasteiger partial charge in [0.1, 0.15) is 10.9 Å². The number of aryl methyl sites for hydroxylation is 1. The van der Waals surface area contributed by atoms with E-state index >= 15 is 0 Å². The molecule has 8 heteroatoms. The summed E-state index contributed by atoms with van der Waals surface area (Å²) in [5, 5.41) is 5.53. The van der Waals surface area contributed by atoms with E-state index in [1.807, 2.05) is 11.6 Å². The molecule has 0 N–H and O–H groups in total. The number of carbonyl (C=O) groups is 1. The number of carbonyl (C=O) groups excluding carboxylic acids is 1. The van der Waals surface area contributed by atoms with Crippen molar-refractivity contribution in [1.29, 1.82) is 0 Å². The molecule has 0 bridgehead atoms. The Hall–Kier alpha value is -1.70. The van der Waals surface area contributed by atoms with Crippen molar-refractivity contribution in [2.24, 2.45) is 0 Å². The summed E-state index contributed by atoms with van der Waals surface area (Å²) < 4.78 is 8.00. The number of nitrogens with zero attached hydrogens (tertiary/aromatic N) is 5. The largest absolute Gasteiger partial charge is 0.449 e. The summed E-state index contributed by atoms with van der Waals surface area (Å²) >= 11 is 3.50. The number of hydrogen-bond donors (Lipinski definition) is 0. The first-order valence-electron chi connectivity index (χ1n) is 8.38. The Labute approximate surface area is 149 Å². The highest BCUT2D eigenvalue weighted by Gasteiger charge is 2.28. The SMILES string of the molecule is CCCCOC(=O)N1CCC[C@@H](n2nc(Br)c3c(C)ncnc32)C1. The minimum absolute atomic E-state index is 0.0978. The highest BCUT2D eigenvalue weighted by atomic mass is 79.9. The highest BCUT2D eigenvalue weighted by molar-refractivity contribution is 9.10. The topological polar surface area (TPSA) is 73.1 Å². The lowest BCUT2D eigenvalue weighted by Gasteiger charge is -2.32. The van der Waals surface area contributed by atoms with Gasteiger partial charge in [0, 0.05) is 13.1 Å². The average molecular weight is 396 g/mol. The van der Waals surface area contributed by atoms with Crippen LogP contribution in [0.1, 0.15) is 44.3 Å². The van der Waals surface area contributed by atoms with Gasteiger partial charge < -0.3 is 9.64 Å². The zero-order valence-corrected chi connectivity index (χ0v) is 15.6. The molecule has 7 nitrogen and oxygen atoms in total. The second-order valence-corrected chi connectivity index (χ2v) is 6.85. The van der Waals surface area contributed by atoms with Crippen LogP contribution in [-0.4, -0.2) is 50.4 Å². The summed E-state index contributed by atoms with van der Waals surface area (Å²) in [7, 11) is 0. The van der Waals surface area contributed by atoms with Gasteiger partial charge in [0.05, 0.1) is 23.7 Å². The van der Waals surface area contributed by atoms with Crippen molar-refractivity contribution < 1.29 is 9.53 Å². The lowest BCUT2D eigenvalue weighted by atomic mass is 10.1. The van der Waals surface area contributed by atoms with Crippen LogP contribution in [-0.2, 0) is 4.74 Å². The van der Waals surface area contributed by atoms with Crippen LogP contribution in [0.2, 0.25) is 0 Å². The molecular formula is C16H22BrN5O2. The van der Waals surface area contributed by atoms with Crippen LogP contribution < -0.4 is 0 Å². The van der Waals surface area contributed by atoms with Crippen LogP contribution in [0.25, 0.3) is 11.0 Å². The molecule has 0 aliphatic carbocycles. The lowest BCUT2D eigenvalue weighted by Crippen LogP contribution is -2.41. The van der Waals surface area contributed by atoms with Crippen LogP contribution in [0.15, 0.2) is 10.9 Å². The number of unbranched alkanes of at least 4 members (excludes halogenated alkanes) is 1. The maximum absolute atomic E-state index is 12.2. The van der Waals surface area contributed by atoms with Crippen molar-refractivity contribution >= 4 is 33.1 Å². The van der Waals surface area contributed by atoms with Crippen LogP contribution in [0.4, 0.5) is 4.79 Å². The fourth-order valence-electron chi connectivity index (χ4n) is 3.04. The number of amides is 1. The Morgan fingerprint density at radius 3 is 3.08 bits per heavy atom. The third-order valence-corrected chi connectivity index (χ3v) is 4.91. The monoisotopic (exact) mass is 395 g/mol. The van der Waals surface area contributed by atoms with Crippen molar-refractivity contribution in [3.63, 3.8) is 0 Å². The molecule has 1 saturated heterocycles. The molecule has 1 aliphatic heterocycles. The average Bonchev–Trinajstić information content (AvgIpc) is 2.93. The summed E-state index contributed by atoms with van der Waals surface area (Å²) in [5.74, 6) is 0. The summed E-state index contributed by atoms with van der Waals surface area (Å²) in [6.45, 7) is 5.83. The number of likely N-dealkylation sites (tertiary alicyclic amines) is 1. The van der Waals surface area contributed by atoms with Gasteiger partial charge in [-0.2, -0.15) is 5.10 Å². The summed E-state index contributed by atoms with van der Waals surface area (Å²) in [4.78, 5) is 22.6. The normalized spacial score (nSPS) is 18.1. The van der Waals surface area contributed by atoms with E-state index in [1.165, 1.54) is 0 Å². The minimum Gasteiger partial charge on any atom is -0.449 e. The summed E-state index contributed by atoms with van der Waals surface area (Å²) in [6.07, 6.45) is 5.14. The first kappa shape index (κ1) is 17.1. The predicted octanol–water partition coefficient (Wildman–Crippen LogP) is 3.47. The van der Waals surface area contributed by atoms with E-state index in [-0.39, 0.29) is 12.1 Å². The number of rotatable bonds is 4. The Balaban J connectivity index is 1.78. The molecule has 0 unspecified atom stereocenters. The van der Waals surface area contributed by atoms with Gasteiger partial charge in [0.25, 0.3) is 0 Å². The smallest absolute Gasteiger partial charge is 0.409 e. The predicted molar refractivity (Wildman–Crippen MR) is 93.9 cm³/mol. The van der Waals surface area contributed by atoms with Gasteiger partial charge in [-0.05, 0) is 42.1 Å². The zero-order valence-electron chi connectivity index (χ0n) is 14.0. The summed E-state index contributed by atoms with van der Waals surface area (Å²) in [6, 6.07) is 0.0978. The number of fused-ring (bicyclic) bond motifs is 1. The van der Waals surface area contributed by atoms with Gasteiger partial charge >= 0.3 is 6.09 Å². The molecule has 0 saturated carbocycles. The number of piperidine rings is 1. The molecule has 1 aliphatic rings. The molecule has 0 aromatic carbocycles. The van der Waals surface area contributed by atoms with E-state index in [0.29, 0.717) is 13.2 Å². The molecule has 0 spiro atoms. The second kappa shape index (κ2) is 7.46. The van der Waals surface area contributed by atoms with Crippen molar-refractivity contribution in [2.45, 2.75) is 45.6 Å². The fourth-order valence-corrected chi connectivity index (χ4v) is 3.67. The molecule has 0 radical (unpaired) electrons. The molecule has 3 heterocycles. The standard InChI is InChI=1S/C16H22BrN5O2/c1-3-4-8-24-16(23)21-7-5-6-12(9-21)22-15-13(14(17)20-22)11(2)18-10-19-15/h10,12H,3-9H2,1-2H3/t12-/m1/s1. The van der Waals surface area contributed by atoms with E-state index in [0.717, 1.165) is 53.6 Å². The maximum Gasteiger partial charge on any atom is 0.409 e. The molecule has 1 atom stereocenters. The number of halogens is 1. The molecule has 24 heavy (non-hydrogen) atoms. The van der Waals surface area contributed by atoms with Crippen LogP contribution >= 0.6 is 15.9 Å². The number of hydrogen-bond acceptors (Lipinski definition) is 5. The Morgan fingerprint density at radius 2 is 2.29 bits per heavy atom. The Kier molecular flexibility index (Phi) is 5.33. The van der Waals surface area contributed by atoms with E-state index in [2.05, 4.69) is 37.9 Å². The van der Waals surface area contributed by atoms with Crippen molar-refractivity contribution in [2.75, 3.05) is 19.7 Å². The maximum atomic E-state index is 12.2. The molecule has 3 rings (SSSR count). The van der Waals surface area contributed by atoms with E-state index < -0.39 is 0 Å². The van der Waals surface area contributed by atoms with Crippen molar-refractivity contribution in [1.82, 2.24) is 24.6 Å². The van der Waals surface area contributed by atoms with E-state index in [4.69, 9.17) is 4.74 Å². The quantitative estimate of drug-likeness (QED) is 0.740. The highest BCUT2D eigenvalue weighted by Crippen LogP contribution is 2.29. The van der Waals surface area contributed by atoms with E-state index in [9.17, 15) is 4.79 Å². The molecule has 1 amide bonds. The third kappa shape index (κ3) is 3.38. The fraction of sp³-hybridized carbons (Fsp3) is 0.625. The van der Waals surface area contributed by atoms with Gasteiger partial charge in [-0.15, -0.1) is 0 Å². The first-order valence-corrected chi connectivity index (χ1v) is 9.18. The van der Waals surface area contributed by atoms with Crippen molar-refractivity contribution in [3.8, 4) is 0 Å². The van der Waals surface area contributed by atoms with Crippen LogP contribution in [0.3, 0.4) is 0 Å². The van der Waals surface area contributed by atoms with Crippen LogP contribution in [0, 0.1) is 6.92 Å². The molecule has 1 fully saturated rings. The van der Waals surface area contributed by atoms with Gasteiger partial charge in [-0.25, -0.2) is 19.4 Å². The van der Waals surface area contributed by atoms with Crippen LogP contribution in [0.5, 0.6) is 0 Å². The molecular weight excluding hydrogens is 374 g/mol. The van der Waals surface area contributed by atoms with Gasteiger partial charge in [-0.1, -0.05) is 13.3 Å². The van der Waals surface area contributed by atoms with Gasteiger partial charge in [0.15, 0.2) is 5.65 Å². The molecule has 130 valence electrons. The zero-order chi connectivity index (χ0) is 17.1. The van der Waals surface area contributed by atoms with Crippen molar-refractivity contribution in [3.05, 3.63) is 16.6 Å².